The van der Waals surface area contributed by atoms with Crippen LogP contribution in [0.3, 0.4) is 0 Å². The number of benzene rings is 1. The molecular weight excluding hydrogens is 232 g/mol. The molecule has 106 valence electrons. The smallest absolute Gasteiger partial charge is 0.0490 e. The number of hydrogen-bond acceptors (Lipinski definition) is 1. The first-order valence-corrected chi connectivity index (χ1v) is 7.66. The topological polar surface area (TPSA) is 20.2 Å². The van der Waals surface area contributed by atoms with E-state index in [4.69, 9.17) is 0 Å². The molecule has 2 rings (SSSR count). The van der Waals surface area contributed by atoms with Crippen molar-refractivity contribution in [1.82, 2.24) is 0 Å². The zero-order valence-electron chi connectivity index (χ0n) is 12.7. The Kier molecular flexibility index (Phi) is 4.35. The lowest BCUT2D eigenvalue weighted by Gasteiger charge is -2.36. The Labute approximate surface area is 118 Å². The minimum atomic E-state index is 0.154. The van der Waals surface area contributed by atoms with Gasteiger partial charge in [0.2, 0.25) is 0 Å². The maximum atomic E-state index is 9.79. The molecule has 1 N–H and O–H groups in total. The van der Waals surface area contributed by atoms with Crippen LogP contribution in [0.4, 0.5) is 0 Å². The molecular formula is C18H28O. The van der Waals surface area contributed by atoms with E-state index in [-0.39, 0.29) is 10.8 Å². The van der Waals surface area contributed by atoms with Crippen LogP contribution in [0.25, 0.3) is 0 Å². The van der Waals surface area contributed by atoms with Gasteiger partial charge in [0.1, 0.15) is 0 Å². The summed E-state index contributed by atoms with van der Waals surface area (Å²) in [5.74, 6) is 0. The number of rotatable bonds is 3. The summed E-state index contributed by atoms with van der Waals surface area (Å²) in [6.07, 6.45) is 7.30. The fourth-order valence-corrected chi connectivity index (χ4v) is 3.25. The molecule has 0 bridgehead atoms. The molecule has 1 aromatic carbocycles. The predicted octanol–water partition coefficient (Wildman–Crippen LogP) is 4.47. The van der Waals surface area contributed by atoms with E-state index in [2.05, 4.69) is 45.0 Å². The van der Waals surface area contributed by atoms with Crippen LogP contribution in [0.1, 0.15) is 64.0 Å². The van der Waals surface area contributed by atoms with Gasteiger partial charge in [-0.1, -0.05) is 64.3 Å². The zero-order chi connectivity index (χ0) is 13.9. The highest BCUT2D eigenvalue weighted by Crippen LogP contribution is 2.39. The summed E-state index contributed by atoms with van der Waals surface area (Å²) < 4.78 is 0. The molecule has 0 aliphatic heterocycles. The Bertz CT molecular complexity index is 391. The molecule has 0 saturated heterocycles. The lowest BCUT2D eigenvalue weighted by atomic mass is 9.71. The first-order valence-electron chi connectivity index (χ1n) is 7.66. The number of aliphatic hydroxyl groups is 1. The van der Waals surface area contributed by atoms with Gasteiger partial charge in [-0.05, 0) is 41.2 Å². The van der Waals surface area contributed by atoms with Crippen LogP contribution in [0.15, 0.2) is 24.3 Å². The van der Waals surface area contributed by atoms with Gasteiger partial charge in [0.05, 0.1) is 0 Å². The molecule has 0 unspecified atom stereocenters. The molecule has 1 heteroatoms. The highest BCUT2D eigenvalue weighted by atomic mass is 16.3. The monoisotopic (exact) mass is 260 g/mol. The van der Waals surface area contributed by atoms with Gasteiger partial charge in [0, 0.05) is 6.61 Å². The number of aliphatic hydroxyl groups excluding tert-OH is 1. The highest BCUT2D eigenvalue weighted by molar-refractivity contribution is 5.28. The summed E-state index contributed by atoms with van der Waals surface area (Å²) in [4.78, 5) is 0. The van der Waals surface area contributed by atoms with Gasteiger partial charge in [-0.3, -0.25) is 0 Å². The standard InChI is InChI=1S/C18H28O/c1-17(2,3)16-9-7-15(8-10-16)13-18(14-19)11-5-4-6-12-18/h7-10,19H,4-6,11-14H2,1-3H3. The lowest BCUT2D eigenvalue weighted by Crippen LogP contribution is -2.30. The van der Waals surface area contributed by atoms with E-state index in [1.54, 1.807) is 0 Å². The van der Waals surface area contributed by atoms with Crippen molar-refractivity contribution in [2.45, 2.75) is 64.7 Å². The largest absolute Gasteiger partial charge is 0.396 e. The third-order valence-corrected chi connectivity index (χ3v) is 4.65. The Hall–Kier alpha value is -0.820. The van der Waals surface area contributed by atoms with Gasteiger partial charge < -0.3 is 5.11 Å². The van der Waals surface area contributed by atoms with Crippen molar-refractivity contribution in [2.75, 3.05) is 6.61 Å². The number of hydrogen-bond donors (Lipinski definition) is 1. The van der Waals surface area contributed by atoms with E-state index in [0.29, 0.717) is 6.61 Å². The minimum absolute atomic E-state index is 0.154. The Balaban J connectivity index is 2.10. The predicted molar refractivity (Wildman–Crippen MR) is 81.4 cm³/mol. The van der Waals surface area contributed by atoms with Gasteiger partial charge in [-0.2, -0.15) is 0 Å². The maximum Gasteiger partial charge on any atom is 0.0490 e. The summed E-state index contributed by atoms with van der Waals surface area (Å²) in [6, 6.07) is 9.02. The second-order valence-corrected chi connectivity index (χ2v) is 7.34. The molecule has 1 saturated carbocycles. The van der Waals surface area contributed by atoms with Crippen LogP contribution in [0.2, 0.25) is 0 Å². The molecule has 0 atom stereocenters. The van der Waals surface area contributed by atoms with Crippen LogP contribution in [0.5, 0.6) is 0 Å². The fraction of sp³-hybridized carbons (Fsp3) is 0.667. The van der Waals surface area contributed by atoms with Crippen molar-refractivity contribution in [1.29, 1.82) is 0 Å². The molecule has 1 aromatic rings. The van der Waals surface area contributed by atoms with E-state index < -0.39 is 0 Å². The zero-order valence-corrected chi connectivity index (χ0v) is 12.7. The maximum absolute atomic E-state index is 9.79. The summed E-state index contributed by atoms with van der Waals surface area (Å²) in [6.45, 7) is 7.09. The Morgan fingerprint density at radius 2 is 1.58 bits per heavy atom. The van der Waals surface area contributed by atoms with Gasteiger partial charge >= 0.3 is 0 Å². The van der Waals surface area contributed by atoms with Gasteiger partial charge in [-0.25, -0.2) is 0 Å². The van der Waals surface area contributed by atoms with Crippen LogP contribution in [-0.4, -0.2) is 11.7 Å². The van der Waals surface area contributed by atoms with Crippen LogP contribution in [0, 0.1) is 5.41 Å². The molecule has 1 aliphatic rings. The average molecular weight is 260 g/mol. The third kappa shape index (κ3) is 3.60. The highest BCUT2D eigenvalue weighted by Gasteiger charge is 2.31. The second-order valence-electron chi connectivity index (χ2n) is 7.34. The van der Waals surface area contributed by atoms with Crippen molar-refractivity contribution in [3.8, 4) is 0 Å². The summed E-state index contributed by atoms with van der Waals surface area (Å²) in [5, 5.41) is 9.79. The molecule has 0 radical (unpaired) electrons. The van der Waals surface area contributed by atoms with E-state index in [0.717, 1.165) is 6.42 Å². The second kappa shape index (κ2) is 5.66. The van der Waals surface area contributed by atoms with Crippen molar-refractivity contribution in [2.24, 2.45) is 5.41 Å². The summed E-state index contributed by atoms with van der Waals surface area (Å²) in [5.41, 5.74) is 3.14. The Morgan fingerprint density at radius 1 is 1.00 bits per heavy atom. The fourth-order valence-electron chi connectivity index (χ4n) is 3.25. The van der Waals surface area contributed by atoms with Crippen molar-refractivity contribution in [3.63, 3.8) is 0 Å². The molecule has 0 heterocycles. The Morgan fingerprint density at radius 3 is 2.05 bits per heavy atom. The molecule has 1 aliphatic carbocycles. The van der Waals surface area contributed by atoms with E-state index >= 15 is 0 Å². The minimum Gasteiger partial charge on any atom is -0.396 e. The van der Waals surface area contributed by atoms with E-state index in [1.807, 2.05) is 0 Å². The molecule has 19 heavy (non-hydrogen) atoms. The van der Waals surface area contributed by atoms with Crippen molar-refractivity contribution >= 4 is 0 Å². The van der Waals surface area contributed by atoms with E-state index in [1.165, 1.54) is 43.2 Å². The van der Waals surface area contributed by atoms with Crippen LogP contribution >= 0.6 is 0 Å². The average Bonchev–Trinajstić information content (AvgIpc) is 2.39. The molecule has 0 spiro atoms. The van der Waals surface area contributed by atoms with Gasteiger partial charge in [0.25, 0.3) is 0 Å². The van der Waals surface area contributed by atoms with Crippen LogP contribution < -0.4 is 0 Å². The SMILES string of the molecule is CC(C)(C)c1ccc(CC2(CO)CCCCC2)cc1. The van der Waals surface area contributed by atoms with E-state index in [9.17, 15) is 5.11 Å². The molecule has 0 amide bonds. The summed E-state index contributed by atoms with van der Waals surface area (Å²) in [7, 11) is 0. The van der Waals surface area contributed by atoms with Crippen LogP contribution in [-0.2, 0) is 11.8 Å². The first-order chi connectivity index (χ1) is 8.95. The molecule has 1 nitrogen and oxygen atoms in total. The van der Waals surface area contributed by atoms with Gasteiger partial charge in [0.15, 0.2) is 0 Å². The normalized spacial score (nSPS) is 19.4. The quantitative estimate of drug-likeness (QED) is 0.850. The molecule has 1 fully saturated rings. The lowest BCUT2D eigenvalue weighted by molar-refractivity contribution is 0.0823. The summed E-state index contributed by atoms with van der Waals surface area (Å²) >= 11 is 0. The third-order valence-electron chi connectivity index (χ3n) is 4.65. The van der Waals surface area contributed by atoms with Gasteiger partial charge in [-0.15, -0.1) is 0 Å². The molecule has 0 aromatic heterocycles. The first kappa shape index (κ1) is 14.6. The van der Waals surface area contributed by atoms with Crippen molar-refractivity contribution < 1.29 is 5.11 Å². The van der Waals surface area contributed by atoms with Crippen molar-refractivity contribution in [3.05, 3.63) is 35.4 Å².